The van der Waals surface area contributed by atoms with E-state index in [1.54, 1.807) is 6.08 Å². The Morgan fingerprint density at radius 3 is 2.52 bits per heavy atom. The van der Waals surface area contributed by atoms with Crippen molar-refractivity contribution >= 4 is 11.9 Å². The van der Waals surface area contributed by atoms with Gasteiger partial charge in [-0.2, -0.15) is 0 Å². The fraction of sp³-hybridized carbons (Fsp3) is 0.474. The van der Waals surface area contributed by atoms with Crippen molar-refractivity contribution in [3.63, 3.8) is 0 Å². The van der Waals surface area contributed by atoms with Crippen molar-refractivity contribution in [2.75, 3.05) is 0 Å². The van der Waals surface area contributed by atoms with Crippen molar-refractivity contribution in [1.29, 1.82) is 0 Å². The summed E-state index contributed by atoms with van der Waals surface area (Å²) in [7, 11) is 0. The Bertz CT molecular complexity index is 565. The second-order valence-corrected chi connectivity index (χ2v) is 6.69. The highest BCUT2D eigenvalue weighted by Gasteiger charge is 2.14. The minimum absolute atomic E-state index is 0.189. The predicted molar refractivity (Wildman–Crippen MR) is 96.2 cm³/mol. The normalized spacial score (nSPS) is 12.8. The summed E-state index contributed by atoms with van der Waals surface area (Å²) in [5.74, 6) is -0.629. The molecule has 0 spiro atoms. The van der Waals surface area contributed by atoms with Crippen LogP contribution in [0.4, 0.5) is 0 Å². The number of rotatable bonds is 9. The van der Waals surface area contributed by atoms with Crippen LogP contribution in [0.2, 0.25) is 0 Å². The molecule has 6 nitrogen and oxygen atoms in total. The lowest BCUT2D eigenvalue weighted by atomic mass is 10.2. The first-order valence-corrected chi connectivity index (χ1v) is 8.36. The molecule has 0 heterocycles. The van der Waals surface area contributed by atoms with Gasteiger partial charge in [-0.25, -0.2) is 5.48 Å². The van der Waals surface area contributed by atoms with Gasteiger partial charge in [-0.15, -0.1) is 0 Å². The van der Waals surface area contributed by atoms with Gasteiger partial charge in [0.05, 0.1) is 5.60 Å². The van der Waals surface area contributed by atoms with Gasteiger partial charge in [0.15, 0.2) is 0 Å². The quantitative estimate of drug-likeness (QED) is 0.407. The SMILES string of the molecule is CC(C)(C)ONC(=O)CC/C=C/C[C@H](N)C(=O)OCc1ccccc1. The van der Waals surface area contributed by atoms with Crippen LogP contribution in [0.3, 0.4) is 0 Å². The summed E-state index contributed by atoms with van der Waals surface area (Å²) >= 11 is 0. The lowest BCUT2D eigenvalue weighted by Crippen LogP contribution is -2.33. The molecule has 0 aliphatic heterocycles. The number of hydrogen-bond acceptors (Lipinski definition) is 5. The highest BCUT2D eigenvalue weighted by molar-refractivity contribution is 5.76. The number of ether oxygens (including phenoxy) is 1. The molecule has 0 unspecified atom stereocenters. The summed E-state index contributed by atoms with van der Waals surface area (Å²) in [6.45, 7) is 5.77. The number of amides is 1. The maximum absolute atomic E-state index is 11.8. The number of carbonyl (C=O) groups excluding carboxylic acids is 2. The van der Waals surface area contributed by atoms with E-state index in [0.717, 1.165) is 5.56 Å². The largest absolute Gasteiger partial charge is 0.460 e. The molecule has 1 aromatic carbocycles. The van der Waals surface area contributed by atoms with Gasteiger partial charge in [0, 0.05) is 6.42 Å². The number of nitrogens with two attached hydrogens (primary N) is 1. The number of nitrogens with one attached hydrogen (secondary N) is 1. The third-order valence-corrected chi connectivity index (χ3v) is 3.09. The van der Waals surface area contributed by atoms with Crippen molar-refractivity contribution in [1.82, 2.24) is 5.48 Å². The first-order valence-electron chi connectivity index (χ1n) is 8.36. The van der Waals surface area contributed by atoms with Crippen LogP contribution in [-0.2, 0) is 25.8 Å². The lowest BCUT2D eigenvalue weighted by Gasteiger charge is -2.18. The molecule has 0 aliphatic carbocycles. The maximum Gasteiger partial charge on any atom is 0.323 e. The maximum atomic E-state index is 11.8. The molecule has 0 radical (unpaired) electrons. The summed E-state index contributed by atoms with van der Waals surface area (Å²) in [5, 5.41) is 0. The van der Waals surface area contributed by atoms with Crippen molar-refractivity contribution in [3.05, 3.63) is 48.0 Å². The molecule has 1 aromatic rings. The molecule has 0 aliphatic rings. The Morgan fingerprint density at radius 2 is 1.88 bits per heavy atom. The van der Waals surface area contributed by atoms with E-state index in [9.17, 15) is 9.59 Å². The van der Waals surface area contributed by atoms with Crippen molar-refractivity contribution < 1.29 is 19.2 Å². The molecule has 0 fully saturated rings. The molecular weight excluding hydrogens is 320 g/mol. The summed E-state index contributed by atoms with van der Waals surface area (Å²) in [4.78, 5) is 28.5. The first-order chi connectivity index (χ1) is 11.8. The Hall–Kier alpha value is -2.18. The minimum Gasteiger partial charge on any atom is -0.460 e. The van der Waals surface area contributed by atoms with Gasteiger partial charge in [0.1, 0.15) is 12.6 Å². The predicted octanol–water partition coefficient (Wildman–Crippen LogP) is 2.63. The molecule has 0 saturated carbocycles. The summed E-state index contributed by atoms with van der Waals surface area (Å²) in [6.07, 6.45) is 4.83. The summed E-state index contributed by atoms with van der Waals surface area (Å²) in [6, 6.07) is 8.72. The van der Waals surface area contributed by atoms with E-state index in [4.69, 9.17) is 15.3 Å². The summed E-state index contributed by atoms with van der Waals surface area (Å²) in [5.41, 5.74) is 8.70. The van der Waals surface area contributed by atoms with Gasteiger partial charge >= 0.3 is 5.97 Å². The fourth-order valence-electron chi connectivity index (χ4n) is 1.77. The van der Waals surface area contributed by atoms with Crippen LogP contribution in [-0.4, -0.2) is 23.5 Å². The average Bonchev–Trinajstić information content (AvgIpc) is 2.57. The Balaban J connectivity index is 2.17. The van der Waals surface area contributed by atoms with Gasteiger partial charge in [0.2, 0.25) is 5.91 Å². The van der Waals surface area contributed by atoms with E-state index in [0.29, 0.717) is 19.3 Å². The van der Waals surface area contributed by atoms with Gasteiger partial charge in [-0.1, -0.05) is 42.5 Å². The van der Waals surface area contributed by atoms with Crippen LogP contribution < -0.4 is 11.2 Å². The zero-order valence-corrected chi connectivity index (χ0v) is 15.2. The molecule has 138 valence electrons. The third kappa shape index (κ3) is 10.3. The van der Waals surface area contributed by atoms with E-state index in [1.165, 1.54) is 0 Å². The second kappa shape index (κ2) is 10.6. The van der Waals surface area contributed by atoms with Gasteiger partial charge < -0.3 is 10.5 Å². The molecule has 25 heavy (non-hydrogen) atoms. The molecule has 0 bridgehead atoms. The number of carbonyl (C=O) groups is 2. The van der Waals surface area contributed by atoms with Crippen LogP contribution in [0, 0.1) is 0 Å². The lowest BCUT2D eigenvalue weighted by molar-refractivity contribution is -0.146. The number of hydroxylamine groups is 1. The van der Waals surface area contributed by atoms with Crippen molar-refractivity contribution in [2.45, 2.75) is 58.3 Å². The topological polar surface area (TPSA) is 90.6 Å². The van der Waals surface area contributed by atoms with Crippen LogP contribution in [0.5, 0.6) is 0 Å². The van der Waals surface area contributed by atoms with Crippen LogP contribution >= 0.6 is 0 Å². The van der Waals surface area contributed by atoms with Crippen molar-refractivity contribution in [3.8, 4) is 0 Å². The van der Waals surface area contributed by atoms with Gasteiger partial charge in [0.25, 0.3) is 0 Å². The molecule has 1 amide bonds. The van der Waals surface area contributed by atoms with E-state index in [1.807, 2.05) is 57.2 Å². The van der Waals surface area contributed by atoms with Crippen LogP contribution in [0.15, 0.2) is 42.5 Å². The number of benzene rings is 1. The minimum atomic E-state index is -0.710. The highest BCUT2D eigenvalue weighted by Crippen LogP contribution is 2.05. The first kappa shape index (κ1) is 20.9. The monoisotopic (exact) mass is 348 g/mol. The molecule has 0 aromatic heterocycles. The van der Waals surface area contributed by atoms with Gasteiger partial charge in [-0.3, -0.25) is 14.4 Å². The number of allylic oxidation sites excluding steroid dienone is 1. The molecule has 1 atom stereocenters. The van der Waals surface area contributed by atoms with Gasteiger partial charge in [-0.05, 0) is 39.2 Å². The van der Waals surface area contributed by atoms with Crippen LogP contribution in [0.25, 0.3) is 0 Å². The number of hydrogen-bond donors (Lipinski definition) is 2. The van der Waals surface area contributed by atoms with E-state index < -0.39 is 17.6 Å². The van der Waals surface area contributed by atoms with Crippen molar-refractivity contribution in [2.24, 2.45) is 5.73 Å². The number of esters is 1. The standard InChI is InChI=1S/C19H28N2O4/c1-19(2,3)25-21-17(22)13-9-5-8-12-16(20)18(23)24-14-15-10-6-4-7-11-15/h4-8,10-11,16H,9,12-14,20H2,1-3H3,(H,21,22)/b8-5+/t16-/m0/s1. The van der Waals surface area contributed by atoms with E-state index >= 15 is 0 Å². The average molecular weight is 348 g/mol. The Labute approximate surface area is 149 Å². The molecule has 0 saturated heterocycles. The highest BCUT2D eigenvalue weighted by atomic mass is 16.7. The molecular formula is C19H28N2O4. The zero-order valence-electron chi connectivity index (χ0n) is 15.2. The Kier molecular flexibility index (Phi) is 8.88. The Morgan fingerprint density at radius 1 is 1.20 bits per heavy atom. The molecule has 1 rings (SSSR count). The molecule has 6 heteroatoms. The van der Waals surface area contributed by atoms with Crippen LogP contribution in [0.1, 0.15) is 45.6 Å². The fourth-order valence-corrected chi connectivity index (χ4v) is 1.77. The molecule has 3 N–H and O–H groups in total. The summed E-state index contributed by atoms with van der Waals surface area (Å²) < 4.78 is 5.17. The van der Waals surface area contributed by atoms with E-state index in [-0.39, 0.29) is 12.5 Å². The third-order valence-electron chi connectivity index (χ3n) is 3.09. The second-order valence-electron chi connectivity index (χ2n) is 6.69. The van der Waals surface area contributed by atoms with E-state index in [2.05, 4.69) is 5.48 Å². The zero-order chi connectivity index (χ0) is 18.7. The smallest absolute Gasteiger partial charge is 0.323 e.